The summed E-state index contributed by atoms with van der Waals surface area (Å²) in [5, 5.41) is 0. The van der Waals surface area contributed by atoms with Gasteiger partial charge < -0.3 is 0 Å². The van der Waals surface area contributed by atoms with Crippen molar-refractivity contribution in [3.63, 3.8) is 0 Å². The van der Waals surface area contributed by atoms with Crippen molar-refractivity contribution in [1.82, 2.24) is 19.9 Å². The monoisotopic (exact) mass is 1860 g/mol. The molecule has 4 heterocycles. The highest BCUT2D eigenvalue weighted by molar-refractivity contribution is 5.63. The Morgan fingerprint density at radius 1 is 0.125 bits per heavy atom. The molecule has 30 rings (SSSR count). The molecule has 15 aromatic carbocycles. The third kappa shape index (κ3) is 19.3. The van der Waals surface area contributed by atoms with Crippen LogP contribution in [-0.4, -0.2) is 19.9 Å². The Labute approximate surface area is 852 Å². The Bertz CT molecular complexity index is 7580. The summed E-state index contributed by atoms with van der Waals surface area (Å²) in [5.41, 5.74) is 77.2. The zero-order chi connectivity index (χ0) is 97.4. The van der Waals surface area contributed by atoms with Crippen LogP contribution in [0.2, 0.25) is 0 Å². The Morgan fingerprint density at radius 3 is 0.688 bits per heavy atom. The van der Waals surface area contributed by atoms with Gasteiger partial charge in [-0.1, -0.05) is 291 Å². The Morgan fingerprint density at radius 2 is 0.312 bits per heavy atom. The van der Waals surface area contributed by atoms with Crippen LogP contribution in [0.1, 0.15) is 290 Å². The molecule has 4 aromatic heterocycles. The molecule has 11 aliphatic rings. The number of benzene rings is 15. The summed E-state index contributed by atoms with van der Waals surface area (Å²) in [5.74, 6) is 0. The molecule has 0 spiro atoms. The first kappa shape index (κ1) is 92.6. The highest BCUT2D eigenvalue weighted by atomic mass is 14.7. The van der Waals surface area contributed by atoms with E-state index >= 15 is 0 Å². The minimum Gasteiger partial charge on any atom is -0.264 e. The second-order valence-corrected chi connectivity index (χ2v) is 42.2. The molecule has 11 aliphatic carbocycles. The minimum absolute atomic E-state index is 0.993. The number of hydrogen-bond acceptors (Lipinski definition) is 4. The predicted molar refractivity (Wildman–Crippen MR) is 593 cm³/mol. The van der Waals surface area contributed by atoms with Crippen molar-refractivity contribution >= 4 is 0 Å². The molecule has 4 nitrogen and oxygen atoms in total. The molecule has 0 saturated carbocycles. The Balaban J connectivity index is 0.0000000919. The van der Waals surface area contributed by atoms with Gasteiger partial charge in [-0.05, 0) is 486 Å². The van der Waals surface area contributed by atoms with Crippen LogP contribution >= 0.6 is 0 Å². The van der Waals surface area contributed by atoms with Crippen LogP contribution in [0.25, 0.3) is 0 Å². The van der Waals surface area contributed by atoms with Crippen LogP contribution < -0.4 is 0 Å². The molecule has 0 N–H and O–H groups in total. The predicted octanol–water partition coefficient (Wildman–Crippen LogP) is 30.0. The van der Waals surface area contributed by atoms with Gasteiger partial charge in [-0.3, -0.25) is 19.9 Å². The fourth-order valence-electron chi connectivity index (χ4n) is 25.1. The van der Waals surface area contributed by atoms with Gasteiger partial charge in [0.1, 0.15) is 0 Å². The van der Waals surface area contributed by atoms with Crippen LogP contribution in [0.4, 0.5) is 0 Å². The van der Waals surface area contributed by atoms with E-state index in [1.807, 2.05) is 49.3 Å². The van der Waals surface area contributed by atoms with Crippen molar-refractivity contribution in [1.29, 1.82) is 0 Å². The van der Waals surface area contributed by atoms with Gasteiger partial charge in [-0.25, -0.2) is 0 Å². The first-order valence-corrected chi connectivity index (χ1v) is 52.5. The number of rotatable bonds is 0. The van der Waals surface area contributed by atoms with E-state index in [-0.39, 0.29) is 0 Å². The Kier molecular flexibility index (Phi) is 26.2. The van der Waals surface area contributed by atoms with E-state index < -0.39 is 0 Å². The maximum atomic E-state index is 4.46. The summed E-state index contributed by atoms with van der Waals surface area (Å²) in [6.07, 6.45) is 35.3. The van der Waals surface area contributed by atoms with Gasteiger partial charge >= 0.3 is 0 Å². The van der Waals surface area contributed by atoms with Gasteiger partial charge in [-0.15, -0.1) is 0 Å². The fraction of sp³-hybridized carbons (Fsp3) is 0.214. The summed E-state index contributed by atoms with van der Waals surface area (Å²) >= 11 is 0. The molecule has 144 heavy (non-hydrogen) atoms. The van der Waals surface area contributed by atoms with E-state index in [9.17, 15) is 0 Å². The molecule has 0 radical (unpaired) electrons. The second kappa shape index (κ2) is 40.7. The molecule has 19 aromatic rings. The summed E-state index contributed by atoms with van der Waals surface area (Å²) in [6, 6.07) is 116. The molecule has 4 heteroatoms. The quantitative estimate of drug-likeness (QED) is 0.152. The van der Waals surface area contributed by atoms with Crippen LogP contribution in [0.15, 0.2) is 353 Å². The molecular weight excluding hydrogens is 1740 g/mol. The average Bonchev–Trinajstić information content (AvgIpc) is 0.722. The summed E-state index contributed by atoms with van der Waals surface area (Å²) in [4.78, 5) is 17.3. The van der Waals surface area contributed by atoms with Crippen LogP contribution in [0, 0.1) is 55.4 Å². The van der Waals surface area contributed by atoms with Gasteiger partial charge in [0.05, 0.1) is 0 Å². The van der Waals surface area contributed by atoms with Gasteiger partial charge in [0, 0.05) is 61.4 Å². The van der Waals surface area contributed by atoms with Crippen molar-refractivity contribution in [2.45, 2.75) is 197 Å². The van der Waals surface area contributed by atoms with Crippen molar-refractivity contribution in [2.75, 3.05) is 0 Å². The highest BCUT2D eigenvalue weighted by Gasteiger charge is 2.30. The molecule has 0 fully saturated rings. The number of aromatic nitrogens is 4. The summed E-state index contributed by atoms with van der Waals surface area (Å²) in [6.45, 7) is 17.7. The van der Waals surface area contributed by atoms with Gasteiger partial charge in [0.25, 0.3) is 0 Å². The van der Waals surface area contributed by atoms with E-state index in [1.165, 1.54) is 206 Å². The van der Waals surface area contributed by atoms with Crippen LogP contribution in [0.5, 0.6) is 0 Å². The van der Waals surface area contributed by atoms with Crippen molar-refractivity contribution in [2.24, 2.45) is 0 Å². The van der Waals surface area contributed by atoms with E-state index in [4.69, 9.17) is 0 Å². The van der Waals surface area contributed by atoms with Gasteiger partial charge in [0.15, 0.2) is 0 Å². The minimum atomic E-state index is 0.993. The lowest BCUT2D eigenvalue weighted by Crippen LogP contribution is -2.16. The second-order valence-electron chi connectivity index (χ2n) is 42.2. The zero-order valence-corrected chi connectivity index (χ0v) is 84.8. The Hall–Kier alpha value is -15.1. The number of hydrogen-bond donors (Lipinski definition) is 0. The lowest BCUT2D eigenvalue weighted by Gasteiger charge is -2.28. The fourth-order valence-corrected chi connectivity index (χ4v) is 25.1. The summed E-state index contributed by atoms with van der Waals surface area (Å²) in [7, 11) is 0. The van der Waals surface area contributed by atoms with Crippen molar-refractivity contribution in [3.05, 3.63) is 642 Å². The number of fused-ring (bicyclic) bond motifs is 24. The highest BCUT2D eigenvalue weighted by Crippen LogP contribution is 2.43. The van der Waals surface area contributed by atoms with E-state index in [0.29, 0.717) is 0 Å². The number of aryl methyl sites for hydroxylation is 8. The molecule has 0 unspecified atom stereocenters. The number of pyridine rings is 4. The maximum Gasteiger partial charge on any atom is 0.0482 e. The van der Waals surface area contributed by atoms with Gasteiger partial charge in [-0.2, -0.15) is 0 Å². The topological polar surface area (TPSA) is 51.6 Å². The molecular formula is C140H126N4. The first-order chi connectivity index (χ1) is 70.6. The zero-order valence-electron chi connectivity index (χ0n) is 84.8. The van der Waals surface area contributed by atoms with E-state index in [2.05, 4.69) is 379 Å². The third-order valence-electron chi connectivity index (χ3n) is 33.5. The van der Waals surface area contributed by atoms with Crippen LogP contribution in [0.3, 0.4) is 0 Å². The smallest absolute Gasteiger partial charge is 0.0482 e. The SMILES string of the molecule is Cc1cccc2c1Cc1c(ccc3c1Cc1ccccc1C3)C2.Cc1cccc2c1Cc1cc3c(cc1C2)Cc1ccccc1C3.Cc1cccc2c1Cc1ccc3c(c1C2)Cc1ccccc1C3.Cc1cccc2c1Cc1ccccc1C2.Cc1cccc2c1Cc1cccnc1C2.Cc1cccc2c1Cc1ccncc1C2.Cc1cccc2c1Cc1cnccc1C2.Cc1cccc2c1Cc1ncccc1C2. The number of nitrogens with zero attached hydrogens (tertiary/aromatic N) is 4. The van der Waals surface area contributed by atoms with Crippen molar-refractivity contribution < 1.29 is 0 Å². The molecule has 0 aliphatic heterocycles. The van der Waals surface area contributed by atoms with Gasteiger partial charge in [0.2, 0.25) is 0 Å². The molecule has 0 amide bonds. The normalized spacial score (nSPS) is 13.8. The average molecular weight is 1860 g/mol. The van der Waals surface area contributed by atoms with E-state index in [1.54, 1.807) is 83.5 Å². The molecule has 0 bridgehead atoms. The van der Waals surface area contributed by atoms with Crippen molar-refractivity contribution in [3.8, 4) is 0 Å². The molecule has 0 atom stereocenters. The summed E-state index contributed by atoms with van der Waals surface area (Å²) < 4.78 is 0. The molecule has 706 valence electrons. The standard InChI is InChI=1S/3C23H20.C15H14.4C14H13N/c1-15-5-4-8-18-11-21-12-19-9-16-6-2-3-7-17(16)10-20(19)13-22(21)14-23(15)18;1-15-5-4-8-18-12-20-10-9-19-11-16-6-2-3-7-17(16)13-22(19)23(20)14-21(15)18;1-15-5-4-8-18-14-23-20(13-21(15)18)10-9-19-11-16-6-2-3-7-17(16)12-22(19)23;1-11-5-4-8-14-9-12-6-2-3-7-13(12)10-15(11)14;1-10-4-2-5-11-9-14-12(8-13(10)11)6-3-7-15-14;1-10-4-2-5-11-8-12-6-3-7-15-14(12)9-13(10)11;1-10-3-2-4-12-7-13-9-15-6-5-11(13)8-14(10)12;1-10-3-2-4-12-7-11-5-6-15-9-13(11)8-14(10)12/h2-8,12-13H,9-11,14H2,1H3;2*2-10H,11-14H2,1H3;2-8H,9-10H2,1H3;2*2-7H,8-9H2,1H3;2*2-6,9H,7-8H2,1H3. The largest absolute Gasteiger partial charge is 0.264 e. The lowest BCUT2D eigenvalue weighted by atomic mass is 9.76. The maximum absolute atomic E-state index is 4.46. The molecule has 0 saturated heterocycles. The first-order valence-electron chi connectivity index (χ1n) is 52.5. The third-order valence-corrected chi connectivity index (χ3v) is 33.5. The lowest BCUT2D eigenvalue weighted by molar-refractivity contribution is 0.914. The van der Waals surface area contributed by atoms with E-state index in [0.717, 1.165) is 141 Å². The van der Waals surface area contributed by atoms with Crippen LogP contribution in [-0.2, 0) is 141 Å².